The summed E-state index contributed by atoms with van der Waals surface area (Å²) >= 11 is 0. The van der Waals surface area contributed by atoms with Gasteiger partial charge in [-0.1, -0.05) is 24.3 Å². The number of carbonyl (C=O) groups is 1. The minimum Gasteiger partial charge on any atom is -0.444 e. The number of rotatable bonds is 6. The van der Waals surface area contributed by atoms with Gasteiger partial charge in [-0.15, -0.1) is 10.2 Å². The van der Waals surface area contributed by atoms with Crippen LogP contribution in [0.25, 0.3) is 0 Å². The molecule has 0 bridgehead atoms. The molecular weight excluding hydrogens is 370 g/mol. The minimum absolute atomic E-state index is 0.332. The van der Waals surface area contributed by atoms with Crippen LogP contribution in [0.4, 0.5) is 4.79 Å². The largest absolute Gasteiger partial charge is 0.444 e. The Morgan fingerprint density at radius 2 is 1.79 bits per heavy atom. The number of amides is 1. The van der Waals surface area contributed by atoms with Gasteiger partial charge in [-0.3, -0.25) is 4.99 Å². The van der Waals surface area contributed by atoms with Gasteiger partial charge in [0.15, 0.2) is 11.8 Å². The third-order valence-corrected chi connectivity index (χ3v) is 4.05. The normalized spacial score (nSPS) is 11.9. The standard InChI is InChI=1S/C20H31N7O2/c1-20(2,3)29-19(28)26(5)13-16-9-7-15(8-10-16)11-22-18(21-4)23-12-17-25-24-14-27(17)6/h7-10,14H,11-13H2,1-6H3,(H2,21,22,23). The van der Waals surface area contributed by atoms with Gasteiger partial charge in [0.1, 0.15) is 11.9 Å². The zero-order valence-corrected chi connectivity index (χ0v) is 18.1. The number of ether oxygens (including phenoxy) is 1. The maximum Gasteiger partial charge on any atom is 0.410 e. The number of benzene rings is 1. The molecule has 2 rings (SSSR count). The monoisotopic (exact) mass is 401 g/mol. The number of hydrogen-bond acceptors (Lipinski definition) is 5. The van der Waals surface area contributed by atoms with Crippen molar-refractivity contribution in [2.75, 3.05) is 14.1 Å². The molecule has 1 aromatic carbocycles. The van der Waals surface area contributed by atoms with Gasteiger partial charge in [0.05, 0.1) is 6.54 Å². The van der Waals surface area contributed by atoms with Crippen molar-refractivity contribution < 1.29 is 9.53 Å². The van der Waals surface area contributed by atoms with Crippen molar-refractivity contribution in [1.29, 1.82) is 0 Å². The van der Waals surface area contributed by atoms with Crippen molar-refractivity contribution >= 4 is 12.1 Å². The first-order valence-corrected chi connectivity index (χ1v) is 9.47. The van der Waals surface area contributed by atoms with Crippen LogP contribution in [0.3, 0.4) is 0 Å². The Bertz CT molecular complexity index is 822. The molecule has 0 saturated carbocycles. The van der Waals surface area contributed by atoms with E-state index >= 15 is 0 Å². The number of aryl methyl sites for hydroxylation is 1. The second kappa shape index (κ2) is 9.90. The molecule has 0 saturated heterocycles. The van der Waals surface area contributed by atoms with Gasteiger partial charge in [0.25, 0.3) is 0 Å². The molecule has 2 aromatic rings. The number of nitrogens with one attached hydrogen (secondary N) is 2. The van der Waals surface area contributed by atoms with Crippen molar-refractivity contribution in [1.82, 2.24) is 30.3 Å². The van der Waals surface area contributed by atoms with Gasteiger partial charge in [-0.2, -0.15) is 0 Å². The molecule has 0 unspecified atom stereocenters. The van der Waals surface area contributed by atoms with Gasteiger partial charge in [-0.25, -0.2) is 4.79 Å². The highest BCUT2D eigenvalue weighted by molar-refractivity contribution is 5.79. The van der Waals surface area contributed by atoms with Crippen LogP contribution >= 0.6 is 0 Å². The second-order valence-corrected chi connectivity index (χ2v) is 7.79. The molecule has 1 heterocycles. The SMILES string of the molecule is CN=C(NCc1ccc(CN(C)C(=O)OC(C)(C)C)cc1)NCc1nncn1C. The third-order valence-electron chi connectivity index (χ3n) is 4.05. The van der Waals surface area contributed by atoms with Crippen LogP contribution in [0.2, 0.25) is 0 Å². The number of nitrogens with zero attached hydrogens (tertiary/aromatic N) is 5. The molecule has 1 aromatic heterocycles. The summed E-state index contributed by atoms with van der Waals surface area (Å²) in [6, 6.07) is 8.07. The predicted octanol–water partition coefficient (Wildman–Crippen LogP) is 2.05. The first-order chi connectivity index (χ1) is 13.7. The molecule has 0 fully saturated rings. The van der Waals surface area contributed by atoms with E-state index in [0.29, 0.717) is 25.6 Å². The minimum atomic E-state index is -0.500. The highest BCUT2D eigenvalue weighted by atomic mass is 16.6. The summed E-state index contributed by atoms with van der Waals surface area (Å²) in [5, 5.41) is 14.4. The summed E-state index contributed by atoms with van der Waals surface area (Å²) in [4.78, 5) is 17.9. The maximum absolute atomic E-state index is 12.1. The zero-order chi connectivity index (χ0) is 21.4. The molecular formula is C20H31N7O2. The van der Waals surface area contributed by atoms with Gasteiger partial charge in [0, 0.05) is 34.2 Å². The van der Waals surface area contributed by atoms with Crippen molar-refractivity contribution in [3.63, 3.8) is 0 Å². The number of hydrogen-bond donors (Lipinski definition) is 2. The molecule has 158 valence electrons. The van der Waals surface area contributed by atoms with Gasteiger partial charge in [-0.05, 0) is 31.9 Å². The van der Waals surface area contributed by atoms with Crippen LogP contribution in [0, 0.1) is 0 Å². The number of aliphatic imine (C=N–C) groups is 1. The van der Waals surface area contributed by atoms with E-state index < -0.39 is 5.60 Å². The topological polar surface area (TPSA) is 96.7 Å². The lowest BCUT2D eigenvalue weighted by molar-refractivity contribution is 0.0285. The van der Waals surface area contributed by atoms with Crippen molar-refractivity contribution in [3.05, 3.63) is 47.5 Å². The summed E-state index contributed by atoms with van der Waals surface area (Å²) < 4.78 is 7.23. The van der Waals surface area contributed by atoms with Crippen molar-refractivity contribution in [2.24, 2.45) is 12.0 Å². The second-order valence-electron chi connectivity index (χ2n) is 7.79. The average Bonchev–Trinajstić information content (AvgIpc) is 3.06. The number of aromatic nitrogens is 3. The van der Waals surface area contributed by atoms with Crippen molar-refractivity contribution in [2.45, 2.75) is 46.0 Å². The molecule has 1 amide bonds. The van der Waals surface area contributed by atoms with E-state index in [2.05, 4.69) is 25.8 Å². The van der Waals surface area contributed by atoms with Crippen molar-refractivity contribution in [3.8, 4) is 0 Å². The third kappa shape index (κ3) is 7.44. The Labute approximate surface area is 172 Å². The Hall–Kier alpha value is -3.10. The fourth-order valence-electron chi connectivity index (χ4n) is 2.48. The fourth-order valence-corrected chi connectivity index (χ4v) is 2.48. The van der Waals surface area contributed by atoms with Gasteiger partial charge in [0.2, 0.25) is 0 Å². The van der Waals surface area contributed by atoms with Crippen LogP contribution in [-0.4, -0.2) is 51.4 Å². The van der Waals surface area contributed by atoms with Crippen LogP contribution in [-0.2, 0) is 31.4 Å². The Morgan fingerprint density at radius 1 is 1.17 bits per heavy atom. The first kappa shape index (κ1) is 22.2. The quantitative estimate of drug-likeness (QED) is 0.568. The highest BCUT2D eigenvalue weighted by Crippen LogP contribution is 2.12. The van der Waals surface area contributed by atoms with E-state index in [-0.39, 0.29) is 6.09 Å². The van der Waals surface area contributed by atoms with Crippen LogP contribution in [0.5, 0.6) is 0 Å². The Kier molecular flexibility index (Phi) is 7.58. The molecule has 29 heavy (non-hydrogen) atoms. The maximum atomic E-state index is 12.1. The molecule has 2 N–H and O–H groups in total. The lowest BCUT2D eigenvalue weighted by Crippen LogP contribution is -2.36. The van der Waals surface area contributed by atoms with E-state index in [9.17, 15) is 4.79 Å². The fraction of sp³-hybridized carbons (Fsp3) is 0.500. The average molecular weight is 402 g/mol. The number of guanidine groups is 1. The summed E-state index contributed by atoms with van der Waals surface area (Å²) in [5.74, 6) is 1.51. The zero-order valence-electron chi connectivity index (χ0n) is 18.1. The van der Waals surface area contributed by atoms with E-state index in [1.165, 1.54) is 0 Å². The summed E-state index contributed by atoms with van der Waals surface area (Å²) in [6.45, 7) is 7.22. The molecule has 9 heteroatoms. The lowest BCUT2D eigenvalue weighted by atomic mass is 10.1. The molecule has 0 aliphatic carbocycles. The van der Waals surface area contributed by atoms with Crippen LogP contribution in [0.1, 0.15) is 37.7 Å². The molecule has 0 aliphatic rings. The summed E-state index contributed by atoms with van der Waals surface area (Å²) in [5.41, 5.74) is 1.64. The molecule has 0 radical (unpaired) electrons. The smallest absolute Gasteiger partial charge is 0.410 e. The molecule has 0 aliphatic heterocycles. The Morgan fingerprint density at radius 3 is 2.34 bits per heavy atom. The van der Waals surface area contributed by atoms with Crippen LogP contribution < -0.4 is 10.6 Å². The van der Waals surface area contributed by atoms with Gasteiger partial charge < -0.3 is 24.8 Å². The van der Waals surface area contributed by atoms with E-state index in [0.717, 1.165) is 17.0 Å². The van der Waals surface area contributed by atoms with Gasteiger partial charge >= 0.3 is 6.09 Å². The van der Waals surface area contributed by atoms with Crippen LogP contribution in [0.15, 0.2) is 35.6 Å². The first-order valence-electron chi connectivity index (χ1n) is 9.47. The van der Waals surface area contributed by atoms with E-state index in [1.54, 1.807) is 25.3 Å². The number of carbonyl (C=O) groups excluding carboxylic acids is 1. The van der Waals surface area contributed by atoms with E-state index in [4.69, 9.17) is 4.74 Å². The van der Waals surface area contributed by atoms with E-state index in [1.807, 2.05) is 56.7 Å². The molecule has 0 atom stereocenters. The highest BCUT2D eigenvalue weighted by Gasteiger charge is 2.19. The predicted molar refractivity (Wildman–Crippen MR) is 112 cm³/mol. The summed E-state index contributed by atoms with van der Waals surface area (Å²) in [6.07, 6.45) is 1.33. The summed E-state index contributed by atoms with van der Waals surface area (Å²) in [7, 11) is 5.35. The molecule has 9 nitrogen and oxygen atoms in total. The lowest BCUT2D eigenvalue weighted by Gasteiger charge is -2.24. The molecule has 0 spiro atoms. The Balaban J connectivity index is 1.82.